The van der Waals surface area contributed by atoms with E-state index in [1.165, 1.54) is 0 Å². The zero-order chi connectivity index (χ0) is 19.6. The molecule has 0 aromatic heterocycles. The van der Waals surface area contributed by atoms with Gasteiger partial charge in [0.25, 0.3) is 0 Å². The highest BCUT2D eigenvalue weighted by Gasteiger charge is 2.55. The molecule has 1 saturated carbocycles. The van der Waals surface area contributed by atoms with Crippen LogP contribution in [0.3, 0.4) is 0 Å². The van der Waals surface area contributed by atoms with Crippen molar-refractivity contribution in [3.8, 4) is 0 Å². The first kappa shape index (κ1) is 22.6. The van der Waals surface area contributed by atoms with E-state index < -0.39 is 78.1 Å². The van der Waals surface area contributed by atoms with E-state index in [0.29, 0.717) is 0 Å². The van der Waals surface area contributed by atoms with Crippen molar-refractivity contribution in [1.82, 2.24) is 0 Å². The van der Waals surface area contributed by atoms with Crippen LogP contribution in [0.5, 0.6) is 0 Å². The highest BCUT2D eigenvalue weighted by molar-refractivity contribution is 7.80. The van der Waals surface area contributed by atoms with Crippen LogP contribution in [-0.4, -0.2) is 104 Å². The van der Waals surface area contributed by atoms with Crippen molar-refractivity contribution in [2.75, 3.05) is 13.2 Å². The van der Waals surface area contributed by atoms with Gasteiger partial charge >= 0.3 is 10.4 Å². The second-order valence-corrected chi connectivity index (χ2v) is 7.46. The SMILES string of the molecule is [NH3+]C1(C[C@@H](O)[C@@H](OS(=O)(=O)O)[C@H](O)[C@@H](O)CO)C[C@@H](O)[C@H](O)[C@H]1CO. The summed E-state index contributed by atoms with van der Waals surface area (Å²) in [5.74, 6) is -0.955. The quantitative estimate of drug-likeness (QED) is 0.168. The average molecular weight is 392 g/mol. The first-order valence-corrected chi connectivity index (χ1v) is 8.86. The predicted molar refractivity (Wildman–Crippen MR) is 79.0 cm³/mol. The van der Waals surface area contributed by atoms with Crippen molar-refractivity contribution in [3.63, 3.8) is 0 Å². The predicted octanol–water partition coefficient (Wildman–Crippen LogP) is -5.65. The summed E-state index contributed by atoms with van der Waals surface area (Å²) in [5, 5.41) is 67.4. The molecule has 0 heterocycles. The minimum absolute atomic E-state index is 0.145. The first-order valence-electron chi connectivity index (χ1n) is 7.49. The third-order valence-electron chi connectivity index (χ3n) is 4.55. The van der Waals surface area contributed by atoms with Crippen molar-refractivity contribution < 1.29 is 58.6 Å². The number of quaternary nitrogens is 1. The molecule has 0 radical (unpaired) electrons. The molecule has 0 spiro atoms. The molecule has 13 heteroatoms. The maximum atomic E-state index is 10.9. The Bertz CT molecular complexity index is 531. The average Bonchev–Trinajstić information content (AvgIpc) is 2.71. The number of aliphatic hydroxyl groups is 7. The van der Waals surface area contributed by atoms with Crippen LogP contribution in [0, 0.1) is 5.92 Å². The van der Waals surface area contributed by atoms with Crippen LogP contribution in [0.2, 0.25) is 0 Å². The molecule has 0 aromatic rings. The fourth-order valence-electron chi connectivity index (χ4n) is 3.20. The van der Waals surface area contributed by atoms with E-state index >= 15 is 0 Å². The van der Waals surface area contributed by atoms with Crippen LogP contribution in [0.25, 0.3) is 0 Å². The van der Waals surface area contributed by atoms with Crippen LogP contribution in [-0.2, 0) is 14.6 Å². The van der Waals surface area contributed by atoms with E-state index in [9.17, 15) is 39.1 Å². The van der Waals surface area contributed by atoms with Crippen LogP contribution in [0.15, 0.2) is 0 Å². The van der Waals surface area contributed by atoms with Gasteiger partial charge in [-0.2, -0.15) is 8.42 Å². The summed E-state index contributed by atoms with van der Waals surface area (Å²) in [6.07, 6.45) is -11.0. The first-order chi connectivity index (χ1) is 11.4. The fourth-order valence-corrected chi connectivity index (χ4v) is 3.73. The third-order valence-corrected chi connectivity index (χ3v) is 5.02. The maximum absolute atomic E-state index is 10.9. The molecular weight excluding hydrogens is 366 g/mol. The highest BCUT2D eigenvalue weighted by Crippen LogP contribution is 2.37. The van der Waals surface area contributed by atoms with Crippen molar-refractivity contribution >= 4 is 10.4 Å². The molecule has 1 aliphatic carbocycles. The van der Waals surface area contributed by atoms with Gasteiger partial charge in [-0.15, -0.1) is 0 Å². The Morgan fingerprint density at radius 1 is 1.16 bits per heavy atom. The lowest BCUT2D eigenvalue weighted by Crippen LogP contribution is -2.77. The molecule has 1 aliphatic rings. The molecule has 1 rings (SSSR count). The van der Waals surface area contributed by atoms with Gasteiger partial charge in [-0.1, -0.05) is 0 Å². The van der Waals surface area contributed by atoms with Gasteiger partial charge in [0.15, 0.2) is 0 Å². The van der Waals surface area contributed by atoms with Crippen molar-refractivity contribution in [1.29, 1.82) is 0 Å². The Morgan fingerprint density at radius 2 is 1.72 bits per heavy atom. The Labute approximate surface area is 144 Å². The number of rotatable bonds is 9. The Balaban J connectivity index is 3.03. The van der Waals surface area contributed by atoms with E-state index in [-0.39, 0.29) is 6.42 Å². The lowest BCUT2D eigenvalue weighted by atomic mass is 9.81. The van der Waals surface area contributed by atoms with Crippen molar-refractivity contribution in [2.45, 2.75) is 55.0 Å². The molecule has 1 unspecified atom stereocenters. The van der Waals surface area contributed by atoms with Gasteiger partial charge in [0.2, 0.25) is 0 Å². The molecule has 150 valence electrons. The summed E-state index contributed by atoms with van der Waals surface area (Å²) >= 11 is 0. The number of aliphatic hydroxyl groups excluding tert-OH is 7. The maximum Gasteiger partial charge on any atom is 0.397 e. The summed E-state index contributed by atoms with van der Waals surface area (Å²) in [7, 11) is -5.13. The topological polar surface area (TPSA) is 233 Å². The lowest BCUT2D eigenvalue weighted by Gasteiger charge is -2.34. The van der Waals surface area contributed by atoms with Gasteiger partial charge in [-0.25, -0.2) is 4.18 Å². The summed E-state index contributed by atoms with van der Waals surface area (Å²) in [6, 6.07) is 0. The third kappa shape index (κ3) is 5.51. The van der Waals surface area contributed by atoms with Crippen LogP contribution >= 0.6 is 0 Å². The smallest absolute Gasteiger partial charge is 0.396 e. The van der Waals surface area contributed by atoms with Crippen LogP contribution < -0.4 is 5.73 Å². The highest BCUT2D eigenvalue weighted by atomic mass is 32.3. The van der Waals surface area contributed by atoms with E-state index in [1.807, 2.05) is 0 Å². The second kappa shape index (κ2) is 8.49. The summed E-state index contributed by atoms with van der Waals surface area (Å²) in [4.78, 5) is 0. The zero-order valence-electron chi connectivity index (χ0n) is 13.3. The summed E-state index contributed by atoms with van der Waals surface area (Å²) in [6.45, 7) is -1.56. The van der Waals surface area contributed by atoms with Gasteiger partial charge in [0, 0.05) is 12.8 Å². The minimum atomic E-state index is -5.13. The molecular formula is C12H26NO11S+. The molecule has 0 amide bonds. The molecule has 1 fully saturated rings. The molecule has 0 saturated heterocycles. The second-order valence-electron chi connectivity index (χ2n) is 6.41. The van der Waals surface area contributed by atoms with Crippen LogP contribution in [0.1, 0.15) is 12.8 Å². The standard InChI is InChI=1S/C12H25NO11S/c13-12(1-6(16)9(19)5(12)3-14)2-7(17)11(24-25(21,22)23)10(20)8(18)4-15/h5-11,14-20H,1-4,13H2,(H,21,22,23)/p+1/t5-,6-,7-,8+,9-,10-,11-,12?/m1/s1. The van der Waals surface area contributed by atoms with E-state index in [2.05, 4.69) is 9.92 Å². The fraction of sp³-hybridized carbons (Fsp3) is 1.00. The molecule has 11 N–H and O–H groups in total. The molecule has 8 atom stereocenters. The summed E-state index contributed by atoms with van der Waals surface area (Å²) in [5.41, 5.74) is 2.46. The Hall–Kier alpha value is -0.450. The molecule has 12 nitrogen and oxygen atoms in total. The minimum Gasteiger partial charge on any atom is -0.396 e. The van der Waals surface area contributed by atoms with Crippen molar-refractivity contribution in [3.05, 3.63) is 0 Å². The van der Waals surface area contributed by atoms with E-state index in [1.54, 1.807) is 0 Å². The molecule has 0 aromatic carbocycles. The monoisotopic (exact) mass is 392 g/mol. The lowest BCUT2D eigenvalue weighted by molar-refractivity contribution is -0.496. The zero-order valence-corrected chi connectivity index (χ0v) is 14.1. The van der Waals surface area contributed by atoms with Gasteiger partial charge in [0.1, 0.15) is 23.9 Å². The number of hydrogen-bond donors (Lipinski definition) is 9. The van der Waals surface area contributed by atoms with E-state index in [0.717, 1.165) is 0 Å². The number of hydrogen-bond acceptors (Lipinski definition) is 10. The Kier molecular flexibility index (Phi) is 7.67. The van der Waals surface area contributed by atoms with Crippen molar-refractivity contribution in [2.24, 2.45) is 5.92 Å². The molecule has 0 bridgehead atoms. The van der Waals surface area contributed by atoms with Crippen LogP contribution in [0.4, 0.5) is 0 Å². The van der Waals surface area contributed by atoms with Gasteiger partial charge in [-0.05, 0) is 0 Å². The summed E-state index contributed by atoms with van der Waals surface area (Å²) < 4.78 is 34.9. The largest absolute Gasteiger partial charge is 0.397 e. The normalized spacial score (nSPS) is 35.3. The van der Waals surface area contributed by atoms with E-state index in [4.69, 9.17) is 9.66 Å². The molecule has 25 heavy (non-hydrogen) atoms. The van der Waals surface area contributed by atoms with Gasteiger partial charge in [-0.3, -0.25) is 4.55 Å². The van der Waals surface area contributed by atoms with Gasteiger partial charge in [0.05, 0.1) is 37.4 Å². The molecule has 0 aliphatic heterocycles. The Morgan fingerprint density at radius 3 is 2.16 bits per heavy atom. The van der Waals surface area contributed by atoms with Gasteiger partial charge < -0.3 is 41.5 Å².